The zero-order valence-corrected chi connectivity index (χ0v) is 9.08. The van der Waals surface area contributed by atoms with Crippen LogP contribution in [0, 0.1) is 6.92 Å². The fourth-order valence-corrected chi connectivity index (χ4v) is 1.82. The fraction of sp³-hybridized carbons (Fsp3) is 0.222. The first-order valence-electron chi connectivity index (χ1n) is 4.48. The van der Waals surface area contributed by atoms with Crippen LogP contribution in [0.4, 0.5) is 11.8 Å². The Balaban J connectivity index is 1.99. The predicted octanol–water partition coefficient (Wildman–Crippen LogP) is 1.44. The van der Waals surface area contributed by atoms with Gasteiger partial charge in [-0.05, 0) is 13.0 Å². The van der Waals surface area contributed by atoms with E-state index in [0.717, 1.165) is 5.01 Å². The van der Waals surface area contributed by atoms with E-state index in [1.54, 1.807) is 23.6 Å². The van der Waals surface area contributed by atoms with Gasteiger partial charge in [0, 0.05) is 17.3 Å². The lowest BCUT2D eigenvalue weighted by atomic mass is 10.6. The lowest BCUT2D eigenvalue weighted by Gasteiger charge is -2.01. The van der Waals surface area contributed by atoms with Crippen LogP contribution in [0.5, 0.6) is 0 Å². The Kier molecular flexibility index (Phi) is 2.77. The third-order valence-corrected chi connectivity index (χ3v) is 2.66. The molecule has 0 spiro atoms. The average Bonchev–Trinajstić information content (AvgIpc) is 2.62. The summed E-state index contributed by atoms with van der Waals surface area (Å²) in [5.74, 6) is 0.991. The molecule has 0 saturated carbocycles. The molecule has 0 unspecified atom stereocenters. The number of aryl methyl sites for hydroxylation is 1. The van der Waals surface area contributed by atoms with Crippen molar-refractivity contribution in [3.8, 4) is 0 Å². The highest BCUT2D eigenvalue weighted by Crippen LogP contribution is 2.12. The van der Waals surface area contributed by atoms with Gasteiger partial charge in [-0.25, -0.2) is 9.97 Å². The van der Waals surface area contributed by atoms with E-state index in [-0.39, 0.29) is 0 Å². The van der Waals surface area contributed by atoms with Gasteiger partial charge in [0.2, 0.25) is 5.95 Å². The summed E-state index contributed by atoms with van der Waals surface area (Å²) >= 11 is 1.65. The van der Waals surface area contributed by atoms with Crippen molar-refractivity contribution >= 4 is 23.1 Å². The number of nitrogen functional groups attached to an aromatic ring is 1. The molecule has 0 atom stereocenters. The van der Waals surface area contributed by atoms with E-state index in [2.05, 4.69) is 20.3 Å². The van der Waals surface area contributed by atoms with Crippen molar-refractivity contribution in [3.63, 3.8) is 0 Å². The van der Waals surface area contributed by atoms with Crippen LogP contribution in [0.25, 0.3) is 0 Å². The molecule has 15 heavy (non-hydrogen) atoms. The Morgan fingerprint density at radius 1 is 1.47 bits per heavy atom. The van der Waals surface area contributed by atoms with E-state index in [9.17, 15) is 0 Å². The van der Waals surface area contributed by atoms with Gasteiger partial charge >= 0.3 is 0 Å². The van der Waals surface area contributed by atoms with Crippen LogP contribution in [0.15, 0.2) is 18.5 Å². The molecule has 6 heteroatoms. The van der Waals surface area contributed by atoms with Crippen LogP contribution >= 0.6 is 11.3 Å². The number of hydrogen-bond acceptors (Lipinski definition) is 6. The molecule has 0 aliphatic heterocycles. The Morgan fingerprint density at radius 3 is 3.00 bits per heavy atom. The minimum Gasteiger partial charge on any atom is -0.384 e. The third kappa shape index (κ3) is 2.63. The van der Waals surface area contributed by atoms with Gasteiger partial charge in [-0.15, -0.1) is 11.3 Å². The van der Waals surface area contributed by atoms with Crippen molar-refractivity contribution in [1.29, 1.82) is 0 Å². The number of rotatable bonds is 3. The predicted molar refractivity (Wildman–Crippen MR) is 60.6 cm³/mol. The highest BCUT2D eigenvalue weighted by Gasteiger charge is 2.00. The van der Waals surface area contributed by atoms with Crippen molar-refractivity contribution in [2.24, 2.45) is 0 Å². The SMILES string of the molecule is Cc1cnc(CNc2nccc(N)n2)s1. The number of hydrogen-bond donors (Lipinski definition) is 2. The van der Waals surface area contributed by atoms with Crippen LogP contribution < -0.4 is 11.1 Å². The number of thiazole rings is 1. The molecule has 0 radical (unpaired) electrons. The quantitative estimate of drug-likeness (QED) is 0.820. The van der Waals surface area contributed by atoms with Crippen LogP contribution in [0.1, 0.15) is 9.88 Å². The summed E-state index contributed by atoms with van der Waals surface area (Å²) in [6.45, 7) is 2.65. The Bertz CT molecular complexity index is 453. The monoisotopic (exact) mass is 221 g/mol. The van der Waals surface area contributed by atoms with Crippen LogP contribution in [-0.2, 0) is 6.54 Å². The maximum Gasteiger partial charge on any atom is 0.224 e. The molecule has 0 fully saturated rings. The molecular weight excluding hydrogens is 210 g/mol. The van der Waals surface area contributed by atoms with E-state index in [1.807, 2.05) is 13.1 Å². The molecule has 0 aromatic carbocycles. The van der Waals surface area contributed by atoms with Crippen LogP contribution in [-0.4, -0.2) is 15.0 Å². The normalized spacial score (nSPS) is 10.2. The highest BCUT2D eigenvalue weighted by molar-refractivity contribution is 7.11. The van der Waals surface area contributed by atoms with Crippen molar-refractivity contribution < 1.29 is 0 Å². The Morgan fingerprint density at radius 2 is 2.33 bits per heavy atom. The summed E-state index contributed by atoms with van der Waals surface area (Å²) < 4.78 is 0. The van der Waals surface area contributed by atoms with E-state index in [0.29, 0.717) is 18.3 Å². The van der Waals surface area contributed by atoms with Gasteiger partial charge in [-0.2, -0.15) is 4.98 Å². The largest absolute Gasteiger partial charge is 0.384 e. The van der Waals surface area contributed by atoms with E-state index in [4.69, 9.17) is 5.73 Å². The van der Waals surface area contributed by atoms with Crippen molar-refractivity contribution in [3.05, 3.63) is 28.3 Å². The summed E-state index contributed by atoms with van der Waals surface area (Å²) in [4.78, 5) is 13.5. The second kappa shape index (κ2) is 4.22. The second-order valence-corrected chi connectivity index (χ2v) is 4.34. The Labute approximate surface area is 91.4 Å². The number of anilines is 2. The third-order valence-electron chi connectivity index (χ3n) is 1.74. The highest BCUT2D eigenvalue weighted by atomic mass is 32.1. The first kappa shape index (κ1) is 9.85. The summed E-state index contributed by atoms with van der Waals surface area (Å²) in [5, 5.41) is 4.07. The van der Waals surface area contributed by atoms with Gasteiger partial charge in [-0.1, -0.05) is 0 Å². The van der Waals surface area contributed by atoms with E-state index < -0.39 is 0 Å². The molecule has 78 valence electrons. The molecule has 0 bridgehead atoms. The molecule has 0 aliphatic rings. The number of nitrogens with two attached hydrogens (primary N) is 1. The molecule has 0 aliphatic carbocycles. The summed E-state index contributed by atoms with van der Waals surface area (Å²) in [6, 6.07) is 1.65. The molecule has 2 heterocycles. The standard InChI is InChI=1S/C9H11N5S/c1-6-4-12-8(15-6)5-13-9-11-3-2-7(10)14-9/h2-4H,5H2,1H3,(H3,10,11,13,14). The summed E-state index contributed by atoms with van der Waals surface area (Å²) in [5.41, 5.74) is 5.53. The summed E-state index contributed by atoms with van der Waals surface area (Å²) in [6.07, 6.45) is 3.47. The lowest BCUT2D eigenvalue weighted by molar-refractivity contribution is 1.04. The molecule has 2 aromatic heterocycles. The first-order chi connectivity index (χ1) is 7.24. The molecule has 5 nitrogen and oxygen atoms in total. The molecule has 0 saturated heterocycles. The maximum atomic E-state index is 5.53. The lowest BCUT2D eigenvalue weighted by Crippen LogP contribution is -2.04. The number of nitrogens with zero attached hydrogens (tertiary/aromatic N) is 3. The number of nitrogens with one attached hydrogen (secondary N) is 1. The van der Waals surface area contributed by atoms with Gasteiger partial charge in [0.25, 0.3) is 0 Å². The zero-order chi connectivity index (χ0) is 10.7. The molecule has 0 amide bonds. The van der Waals surface area contributed by atoms with Crippen molar-refractivity contribution in [2.75, 3.05) is 11.1 Å². The van der Waals surface area contributed by atoms with Gasteiger partial charge in [-0.3, -0.25) is 0 Å². The Hall–Kier alpha value is -1.69. The van der Waals surface area contributed by atoms with Gasteiger partial charge in [0.15, 0.2) is 0 Å². The van der Waals surface area contributed by atoms with Gasteiger partial charge < -0.3 is 11.1 Å². The molecule has 3 N–H and O–H groups in total. The molecule has 2 rings (SSSR count). The molecule has 2 aromatic rings. The topological polar surface area (TPSA) is 76.7 Å². The summed E-state index contributed by atoms with van der Waals surface area (Å²) in [7, 11) is 0. The second-order valence-electron chi connectivity index (χ2n) is 3.02. The molecular formula is C9H11N5S. The van der Waals surface area contributed by atoms with Crippen molar-refractivity contribution in [2.45, 2.75) is 13.5 Å². The van der Waals surface area contributed by atoms with E-state index in [1.165, 1.54) is 4.88 Å². The smallest absolute Gasteiger partial charge is 0.224 e. The van der Waals surface area contributed by atoms with Crippen LogP contribution in [0.3, 0.4) is 0 Å². The van der Waals surface area contributed by atoms with Crippen LogP contribution in [0.2, 0.25) is 0 Å². The van der Waals surface area contributed by atoms with Gasteiger partial charge in [0.1, 0.15) is 10.8 Å². The zero-order valence-electron chi connectivity index (χ0n) is 8.27. The van der Waals surface area contributed by atoms with E-state index >= 15 is 0 Å². The number of aromatic nitrogens is 3. The minimum atomic E-state index is 0.461. The average molecular weight is 221 g/mol. The first-order valence-corrected chi connectivity index (χ1v) is 5.29. The van der Waals surface area contributed by atoms with Crippen molar-refractivity contribution in [1.82, 2.24) is 15.0 Å². The van der Waals surface area contributed by atoms with Gasteiger partial charge in [0.05, 0.1) is 6.54 Å². The minimum absolute atomic E-state index is 0.461. The fourth-order valence-electron chi connectivity index (χ4n) is 1.10. The maximum absolute atomic E-state index is 5.53.